The van der Waals surface area contributed by atoms with E-state index in [-0.39, 0.29) is 28.6 Å². The molecule has 0 aliphatic carbocycles. The number of hydrogen-bond acceptors (Lipinski definition) is 6. The predicted octanol–water partition coefficient (Wildman–Crippen LogP) is 3.49. The number of aromatic nitrogens is 5. The number of carbonyl (C=O) groups is 1. The first-order valence-electron chi connectivity index (χ1n) is 8.11. The summed E-state index contributed by atoms with van der Waals surface area (Å²) in [5.74, 6) is 0. The molecule has 1 amide bonds. The lowest BCUT2D eigenvalue weighted by Crippen LogP contribution is -2.43. The van der Waals surface area contributed by atoms with Crippen molar-refractivity contribution >= 4 is 40.5 Å². The van der Waals surface area contributed by atoms with Crippen LogP contribution in [0.15, 0.2) is 0 Å². The van der Waals surface area contributed by atoms with Gasteiger partial charge in [-0.1, -0.05) is 16.8 Å². The molecule has 136 valence electrons. The SMILES string of the molecule is CC([C@@H]1CCCN1C(=O)OC(C)(C)C)n1nnc2c(Cl)nc(Cl)nc21. The number of fused-ring (bicyclic) bond motifs is 1. The summed E-state index contributed by atoms with van der Waals surface area (Å²) in [7, 11) is 0. The first-order valence-corrected chi connectivity index (χ1v) is 8.86. The molecule has 0 saturated carbocycles. The zero-order valence-corrected chi connectivity index (χ0v) is 16.0. The van der Waals surface area contributed by atoms with Crippen LogP contribution >= 0.6 is 23.2 Å². The van der Waals surface area contributed by atoms with Crippen molar-refractivity contribution in [2.75, 3.05) is 6.54 Å². The molecule has 1 aliphatic heterocycles. The van der Waals surface area contributed by atoms with Gasteiger partial charge in [-0.05, 0) is 52.1 Å². The molecule has 0 radical (unpaired) electrons. The summed E-state index contributed by atoms with van der Waals surface area (Å²) in [5, 5.41) is 8.38. The summed E-state index contributed by atoms with van der Waals surface area (Å²) in [5.41, 5.74) is 0.301. The summed E-state index contributed by atoms with van der Waals surface area (Å²) >= 11 is 12.0. The highest BCUT2D eigenvalue weighted by atomic mass is 35.5. The van der Waals surface area contributed by atoms with Gasteiger partial charge in [-0.3, -0.25) is 0 Å². The molecule has 2 atom stereocenters. The van der Waals surface area contributed by atoms with Gasteiger partial charge < -0.3 is 9.64 Å². The Morgan fingerprint density at radius 2 is 2.04 bits per heavy atom. The molecule has 1 aliphatic rings. The van der Waals surface area contributed by atoms with Gasteiger partial charge in [0.05, 0.1) is 12.1 Å². The van der Waals surface area contributed by atoms with Crippen molar-refractivity contribution in [1.29, 1.82) is 0 Å². The molecule has 2 aromatic heterocycles. The van der Waals surface area contributed by atoms with Gasteiger partial charge in [0.1, 0.15) is 5.60 Å². The summed E-state index contributed by atoms with van der Waals surface area (Å²) in [6.45, 7) is 8.17. The molecule has 10 heteroatoms. The number of carbonyl (C=O) groups excluding carboxylic acids is 1. The molecule has 1 saturated heterocycles. The number of amides is 1. The first kappa shape index (κ1) is 18.1. The highest BCUT2D eigenvalue weighted by Gasteiger charge is 2.37. The van der Waals surface area contributed by atoms with Crippen molar-refractivity contribution in [1.82, 2.24) is 29.9 Å². The topological polar surface area (TPSA) is 86.0 Å². The zero-order valence-electron chi connectivity index (χ0n) is 14.5. The molecule has 3 heterocycles. The van der Waals surface area contributed by atoms with Crippen LogP contribution in [0.2, 0.25) is 10.4 Å². The lowest BCUT2D eigenvalue weighted by Gasteiger charge is -2.31. The Kier molecular flexibility index (Phi) is 4.76. The molecule has 8 nitrogen and oxygen atoms in total. The fraction of sp³-hybridized carbons (Fsp3) is 0.667. The highest BCUT2D eigenvalue weighted by Crippen LogP contribution is 2.31. The van der Waals surface area contributed by atoms with E-state index in [4.69, 9.17) is 27.9 Å². The van der Waals surface area contributed by atoms with Crippen molar-refractivity contribution < 1.29 is 9.53 Å². The van der Waals surface area contributed by atoms with Gasteiger partial charge >= 0.3 is 6.09 Å². The number of rotatable bonds is 2. The van der Waals surface area contributed by atoms with Crippen LogP contribution in [0.4, 0.5) is 4.79 Å². The van der Waals surface area contributed by atoms with Gasteiger partial charge in [-0.15, -0.1) is 5.10 Å². The molecule has 25 heavy (non-hydrogen) atoms. The van der Waals surface area contributed by atoms with Crippen LogP contribution in [0.1, 0.15) is 46.6 Å². The van der Waals surface area contributed by atoms with Gasteiger partial charge in [-0.2, -0.15) is 4.98 Å². The van der Waals surface area contributed by atoms with E-state index in [1.807, 2.05) is 27.7 Å². The van der Waals surface area contributed by atoms with Crippen molar-refractivity contribution in [3.8, 4) is 0 Å². The second kappa shape index (κ2) is 6.57. The average molecular weight is 387 g/mol. The average Bonchev–Trinajstić information content (AvgIpc) is 3.11. The normalized spacial score (nSPS) is 19.4. The van der Waals surface area contributed by atoms with Crippen LogP contribution < -0.4 is 0 Å². The minimum absolute atomic E-state index is 0.0312. The number of hydrogen-bond donors (Lipinski definition) is 0. The van der Waals surface area contributed by atoms with E-state index < -0.39 is 5.60 Å². The molecule has 2 aromatic rings. The van der Waals surface area contributed by atoms with Crippen molar-refractivity contribution in [2.45, 2.75) is 58.2 Å². The number of likely N-dealkylation sites (tertiary alicyclic amines) is 1. The Labute approximate surface area is 155 Å². The minimum Gasteiger partial charge on any atom is -0.444 e. The maximum absolute atomic E-state index is 12.5. The Balaban J connectivity index is 1.90. The van der Waals surface area contributed by atoms with E-state index in [9.17, 15) is 4.79 Å². The van der Waals surface area contributed by atoms with E-state index in [2.05, 4.69) is 20.3 Å². The van der Waals surface area contributed by atoms with Crippen LogP contribution in [0, 0.1) is 0 Å². The maximum atomic E-state index is 12.5. The zero-order chi connectivity index (χ0) is 18.4. The second-order valence-electron chi connectivity index (χ2n) is 7.11. The Morgan fingerprint density at radius 1 is 1.32 bits per heavy atom. The lowest BCUT2D eigenvalue weighted by atomic mass is 10.1. The molecule has 0 N–H and O–H groups in total. The smallest absolute Gasteiger partial charge is 0.410 e. The van der Waals surface area contributed by atoms with Gasteiger partial charge in [0.2, 0.25) is 5.28 Å². The van der Waals surface area contributed by atoms with E-state index >= 15 is 0 Å². The van der Waals surface area contributed by atoms with E-state index in [1.54, 1.807) is 9.58 Å². The fourth-order valence-electron chi connectivity index (χ4n) is 3.05. The third-order valence-electron chi connectivity index (χ3n) is 4.12. The Bertz CT molecular complexity index is 803. The number of ether oxygens (including phenoxy) is 1. The summed E-state index contributed by atoms with van der Waals surface area (Å²) in [4.78, 5) is 22.3. The monoisotopic (exact) mass is 386 g/mol. The van der Waals surface area contributed by atoms with Crippen LogP contribution in [0.3, 0.4) is 0 Å². The summed E-state index contributed by atoms with van der Waals surface area (Å²) in [6, 6.07) is -0.241. The van der Waals surface area contributed by atoms with E-state index in [0.717, 1.165) is 12.8 Å². The van der Waals surface area contributed by atoms with Gasteiger partial charge in [0, 0.05) is 6.54 Å². The maximum Gasteiger partial charge on any atom is 0.410 e. The first-order chi connectivity index (χ1) is 11.7. The molecular formula is C15H20Cl2N6O2. The van der Waals surface area contributed by atoms with Crippen LogP contribution in [0.25, 0.3) is 11.2 Å². The molecule has 0 spiro atoms. The molecule has 1 unspecified atom stereocenters. The summed E-state index contributed by atoms with van der Waals surface area (Å²) < 4.78 is 7.16. The predicted molar refractivity (Wildman–Crippen MR) is 93.8 cm³/mol. The highest BCUT2D eigenvalue weighted by molar-refractivity contribution is 6.35. The molecule has 3 rings (SSSR count). The Morgan fingerprint density at radius 3 is 2.72 bits per heavy atom. The van der Waals surface area contributed by atoms with E-state index in [0.29, 0.717) is 17.7 Å². The van der Waals surface area contributed by atoms with Crippen LogP contribution in [0.5, 0.6) is 0 Å². The third-order valence-corrected chi connectivity index (χ3v) is 4.56. The second-order valence-corrected chi connectivity index (χ2v) is 7.81. The number of halogens is 2. The molecule has 1 fully saturated rings. The van der Waals surface area contributed by atoms with Crippen molar-refractivity contribution in [3.63, 3.8) is 0 Å². The molecule has 0 bridgehead atoms. The third kappa shape index (κ3) is 3.64. The van der Waals surface area contributed by atoms with Gasteiger partial charge in [0.25, 0.3) is 0 Å². The molecular weight excluding hydrogens is 367 g/mol. The standard InChI is InChI=1S/C15H20Cl2N6O2/c1-8(9-6-5-7-22(9)14(24)25-15(2,3)4)23-12-10(20-21-23)11(16)18-13(17)19-12/h8-9H,5-7H2,1-4H3/t8?,9-/m0/s1. The summed E-state index contributed by atoms with van der Waals surface area (Å²) in [6.07, 6.45) is 1.42. The quantitative estimate of drug-likeness (QED) is 0.579. The van der Waals surface area contributed by atoms with Gasteiger partial charge in [0.15, 0.2) is 16.3 Å². The molecule has 0 aromatic carbocycles. The number of nitrogens with zero attached hydrogens (tertiary/aromatic N) is 6. The van der Waals surface area contributed by atoms with Gasteiger partial charge in [-0.25, -0.2) is 14.5 Å². The largest absolute Gasteiger partial charge is 0.444 e. The van der Waals surface area contributed by atoms with Crippen molar-refractivity contribution in [3.05, 3.63) is 10.4 Å². The minimum atomic E-state index is -0.540. The Hall–Kier alpha value is -1.67. The fourth-order valence-corrected chi connectivity index (χ4v) is 3.46. The van der Waals surface area contributed by atoms with E-state index in [1.165, 1.54) is 0 Å². The lowest BCUT2D eigenvalue weighted by molar-refractivity contribution is 0.0185. The van der Waals surface area contributed by atoms with Crippen molar-refractivity contribution in [2.24, 2.45) is 0 Å². The van der Waals surface area contributed by atoms with Crippen LogP contribution in [-0.2, 0) is 4.74 Å². The van der Waals surface area contributed by atoms with Crippen LogP contribution in [-0.4, -0.2) is 54.1 Å².